The number of anilines is 1. The van der Waals surface area contributed by atoms with Crippen molar-refractivity contribution >= 4 is 29.3 Å². The predicted octanol–water partition coefficient (Wildman–Crippen LogP) is 3.33. The number of aromatic nitrogens is 3. The molecule has 7 heteroatoms. The van der Waals surface area contributed by atoms with E-state index >= 15 is 0 Å². The third-order valence-electron chi connectivity index (χ3n) is 4.22. The molecule has 5 nitrogen and oxygen atoms in total. The average Bonchev–Trinajstić information content (AvgIpc) is 3.39. The van der Waals surface area contributed by atoms with Crippen molar-refractivity contribution in [2.75, 3.05) is 12.3 Å². The van der Waals surface area contributed by atoms with Crippen molar-refractivity contribution < 1.29 is 4.39 Å². The Morgan fingerprint density at radius 3 is 2.80 bits per heavy atom. The Kier molecular flexibility index (Phi) is 5.11. The van der Waals surface area contributed by atoms with E-state index in [1.807, 2.05) is 18.2 Å². The molecule has 0 spiro atoms. The maximum Gasteiger partial charge on any atom is 0.153 e. The van der Waals surface area contributed by atoms with Crippen LogP contribution in [0.25, 0.3) is 22.3 Å². The molecule has 3 N–H and O–H groups in total. The molecule has 2 heterocycles. The van der Waals surface area contributed by atoms with Gasteiger partial charge in [-0.3, -0.25) is 0 Å². The van der Waals surface area contributed by atoms with Crippen LogP contribution in [0.4, 0.5) is 10.2 Å². The zero-order valence-corrected chi connectivity index (χ0v) is 14.4. The van der Waals surface area contributed by atoms with Gasteiger partial charge in [-0.2, -0.15) is 0 Å². The Morgan fingerprint density at radius 1 is 1.16 bits per heavy atom. The molecule has 0 atom stereocenters. The Hall–Kier alpha value is -2.31. The summed E-state index contributed by atoms with van der Waals surface area (Å²) in [5.41, 5.74) is 9.37. The van der Waals surface area contributed by atoms with E-state index in [2.05, 4.69) is 20.3 Å². The van der Waals surface area contributed by atoms with Crippen molar-refractivity contribution in [1.29, 1.82) is 0 Å². The first-order valence-corrected chi connectivity index (χ1v) is 8.07. The van der Waals surface area contributed by atoms with Crippen LogP contribution in [0.3, 0.4) is 0 Å². The summed E-state index contributed by atoms with van der Waals surface area (Å²) in [4.78, 5) is 12.6. The second-order valence-electron chi connectivity index (χ2n) is 6.25. The molecule has 25 heavy (non-hydrogen) atoms. The van der Waals surface area contributed by atoms with E-state index in [0.717, 1.165) is 23.6 Å². The maximum absolute atomic E-state index is 14.0. The minimum Gasteiger partial charge on any atom is -0.382 e. The topological polar surface area (TPSA) is 76.7 Å². The van der Waals surface area contributed by atoms with Crippen LogP contribution in [-0.2, 0) is 6.54 Å². The Bertz CT molecular complexity index is 898. The SMILES string of the molecule is Cl.Nc1ncnc2ccc(-c3cc(F)cc(CNCC4CC4)c3)nc12. The lowest BCUT2D eigenvalue weighted by atomic mass is 10.1. The molecule has 3 aromatic rings. The summed E-state index contributed by atoms with van der Waals surface area (Å²) >= 11 is 0. The van der Waals surface area contributed by atoms with E-state index in [-0.39, 0.29) is 18.2 Å². The van der Waals surface area contributed by atoms with Crippen LogP contribution in [0, 0.1) is 11.7 Å². The van der Waals surface area contributed by atoms with Gasteiger partial charge >= 0.3 is 0 Å². The van der Waals surface area contributed by atoms with Crippen molar-refractivity contribution in [1.82, 2.24) is 20.3 Å². The van der Waals surface area contributed by atoms with Crippen molar-refractivity contribution in [2.24, 2.45) is 5.92 Å². The summed E-state index contributed by atoms with van der Waals surface area (Å²) in [5.74, 6) is 0.850. The zero-order valence-electron chi connectivity index (χ0n) is 13.6. The van der Waals surface area contributed by atoms with E-state index in [9.17, 15) is 4.39 Å². The molecule has 2 aromatic heterocycles. The quantitative estimate of drug-likeness (QED) is 0.730. The summed E-state index contributed by atoms with van der Waals surface area (Å²) < 4.78 is 14.0. The standard InChI is InChI=1S/C18H18FN5.ClH/c19-14-6-12(9-21-8-11-1-2-11)5-13(7-14)15-3-4-16-17(24-15)18(20)23-10-22-16;/h3-7,10-11,21H,1-2,8-9H2,(H2,20,22,23);1H. The summed E-state index contributed by atoms with van der Waals surface area (Å²) in [7, 11) is 0. The Balaban J connectivity index is 0.00000182. The second kappa shape index (κ2) is 7.29. The zero-order chi connectivity index (χ0) is 16.5. The first-order valence-electron chi connectivity index (χ1n) is 8.07. The van der Waals surface area contributed by atoms with Gasteiger partial charge < -0.3 is 11.1 Å². The fourth-order valence-electron chi connectivity index (χ4n) is 2.76. The van der Waals surface area contributed by atoms with E-state index in [4.69, 9.17) is 5.73 Å². The number of nitrogen functional groups attached to an aromatic ring is 1. The van der Waals surface area contributed by atoms with Gasteiger partial charge in [-0.05, 0) is 61.2 Å². The van der Waals surface area contributed by atoms with Gasteiger partial charge in [0.1, 0.15) is 17.7 Å². The van der Waals surface area contributed by atoms with Crippen LogP contribution >= 0.6 is 12.4 Å². The lowest BCUT2D eigenvalue weighted by Gasteiger charge is -2.08. The number of nitrogens with two attached hydrogens (primary N) is 1. The summed E-state index contributed by atoms with van der Waals surface area (Å²) in [6, 6.07) is 8.65. The normalized spacial score (nSPS) is 13.6. The summed E-state index contributed by atoms with van der Waals surface area (Å²) in [5, 5.41) is 3.38. The van der Waals surface area contributed by atoms with Gasteiger partial charge in [0.2, 0.25) is 0 Å². The predicted molar refractivity (Wildman–Crippen MR) is 98.8 cm³/mol. The van der Waals surface area contributed by atoms with Gasteiger partial charge in [0.05, 0.1) is 11.2 Å². The lowest BCUT2D eigenvalue weighted by Crippen LogP contribution is -2.16. The molecule has 1 saturated carbocycles. The van der Waals surface area contributed by atoms with Gasteiger partial charge in [0.15, 0.2) is 5.82 Å². The maximum atomic E-state index is 14.0. The first-order chi connectivity index (χ1) is 11.7. The van der Waals surface area contributed by atoms with Crippen molar-refractivity contribution in [3.8, 4) is 11.3 Å². The minimum atomic E-state index is -0.269. The third-order valence-corrected chi connectivity index (χ3v) is 4.22. The highest BCUT2D eigenvalue weighted by molar-refractivity contribution is 5.86. The van der Waals surface area contributed by atoms with E-state index in [0.29, 0.717) is 29.1 Å². The summed E-state index contributed by atoms with van der Waals surface area (Å²) in [6.45, 7) is 1.65. The largest absolute Gasteiger partial charge is 0.382 e. The van der Waals surface area contributed by atoms with E-state index in [1.54, 1.807) is 6.07 Å². The van der Waals surface area contributed by atoms with Crippen molar-refractivity contribution in [3.05, 3.63) is 48.0 Å². The molecule has 1 aliphatic carbocycles. The van der Waals surface area contributed by atoms with Gasteiger partial charge in [-0.25, -0.2) is 19.3 Å². The van der Waals surface area contributed by atoms with Gasteiger partial charge in [0, 0.05) is 12.1 Å². The number of rotatable bonds is 5. The molecule has 0 bridgehead atoms. The fraction of sp³-hybridized carbons (Fsp3) is 0.278. The monoisotopic (exact) mass is 359 g/mol. The number of halogens is 2. The fourth-order valence-corrected chi connectivity index (χ4v) is 2.76. The Labute approximate surface area is 151 Å². The smallest absolute Gasteiger partial charge is 0.153 e. The highest BCUT2D eigenvalue weighted by Gasteiger charge is 2.20. The molecule has 1 aromatic carbocycles. The number of hydrogen-bond acceptors (Lipinski definition) is 5. The molecule has 1 aliphatic rings. The van der Waals surface area contributed by atoms with Crippen LogP contribution in [0.2, 0.25) is 0 Å². The molecule has 130 valence electrons. The molecule has 0 radical (unpaired) electrons. The van der Waals surface area contributed by atoms with Crippen LogP contribution in [0.1, 0.15) is 18.4 Å². The molecular weight excluding hydrogens is 341 g/mol. The number of hydrogen-bond donors (Lipinski definition) is 2. The number of nitrogens with zero attached hydrogens (tertiary/aromatic N) is 3. The van der Waals surface area contributed by atoms with Gasteiger partial charge in [0.25, 0.3) is 0 Å². The molecule has 0 amide bonds. The van der Waals surface area contributed by atoms with Gasteiger partial charge in [-0.15, -0.1) is 12.4 Å². The number of nitrogens with one attached hydrogen (secondary N) is 1. The van der Waals surface area contributed by atoms with Crippen LogP contribution in [-0.4, -0.2) is 21.5 Å². The number of pyridine rings is 1. The van der Waals surface area contributed by atoms with E-state index in [1.165, 1.54) is 25.2 Å². The Morgan fingerprint density at radius 2 is 2.00 bits per heavy atom. The lowest BCUT2D eigenvalue weighted by molar-refractivity contribution is 0.613. The molecule has 0 saturated heterocycles. The van der Waals surface area contributed by atoms with Gasteiger partial charge in [-0.1, -0.05) is 0 Å². The first kappa shape index (κ1) is 17.5. The molecule has 0 unspecified atom stereocenters. The summed E-state index contributed by atoms with van der Waals surface area (Å²) in [6.07, 6.45) is 4.00. The van der Waals surface area contributed by atoms with E-state index < -0.39 is 0 Å². The number of benzene rings is 1. The molecule has 4 rings (SSSR count). The molecule has 0 aliphatic heterocycles. The molecule has 1 fully saturated rings. The van der Waals surface area contributed by atoms with Crippen LogP contribution in [0.5, 0.6) is 0 Å². The van der Waals surface area contributed by atoms with Crippen molar-refractivity contribution in [2.45, 2.75) is 19.4 Å². The highest BCUT2D eigenvalue weighted by atomic mass is 35.5. The van der Waals surface area contributed by atoms with Crippen LogP contribution in [0.15, 0.2) is 36.7 Å². The van der Waals surface area contributed by atoms with Crippen LogP contribution < -0.4 is 11.1 Å². The minimum absolute atomic E-state index is 0. The average molecular weight is 360 g/mol. The van der Waals surface area contributed by atoms with Crippen molar-refractivity contribution in [3.63, 3.8) is 0 Å². The molecular formula is C18H19ClFN5. The second-order valence-corrected chi connectivity index (χ2v) is 6.25. The number of fused-ring (bicyclic) bond motifs is 1. The third kappa shape index (κ3) is 4.03. The highest BCUT2D eigenvalue weighted by Crippen LogP contribution is 2.28.